The Balaban J connectivity index is 2.26. The highest BCUT2D eigenvalue weighted by molar-refractivity contribution is 5.76. The molecule has 1 rings (SSSR count). The van der Waals surface area contributed by atoms with E-state index in [1.165, 1.54) is 6.42 Å². The second-order valence-corrected chi connectivity index (χ2v) is 3.95. The molecule has 0 aromatic heterocycles. The molecule has 0 saturated heterocycles. The van der Waals surface area contributed by atoms with Crippen LogP contribution in [0.5, 0.6) is 0 Å². The van der Waals surface area contributed by atoms with Crippen LogP contribution in [0.15, 0.2) is 0 Å². The van der Waals surface area contributed by atoms with E-state index in [0.29, 0.717) is 5.92 Å². The van der Waals surface area contributed by atoms with Crippen LogP contribution in [0.2, 0.25) is 0 Å². The number of hydrogen-bond acceptors (Lipinski definition) is 3. The Morgan fingerprint density at radius 1 is 1.40 bits per heavy atom. The highest BCUT2D eigenvalue weighted by atomic mass is 16.6. The Labute approximate surface area is 88.8 Å². The van der Waals surface area contributed by atoms with E-state index >= 15 is 0 Å². The summed E-state index contributed by atoms with van der Waals surface area (Å²) in [5.41, 5.74) is 0. The summed E-state index contributed by atoms with van der Waals surface area (Å²) in [5, 5.41) is 10.5. The molecule has 1 amide bonds. The molecule has 86 valence electrons. The van der Waals surface area contributed by atoms with Crippen molar-refractivity contribution in [2.75, 3.05) is 6.54 Å². The molecule has 0 radical (unpaired) electrons. The molecule has 2 N–H and O–H groups in total. The number of carboxylic acid groups (broad SMARTS) is 1. The monoisotopic (exact) mass is 215 g/mol. The fourth-order valence-corrected chi connectivity index (χ4v) is 1.78. The summed E-state index contributed by atoms with van der Waals surface area (Å²) in [6.45, 7) is 1.66. The fourth-order valence-electron chi connectivity index (χ4n) is 1.78. The second kappa shape index (κ2) is 5.58. The van der Waals surface area contributed by atoms with Gasteiger partial charge in [0.25, 0.3) is 0 Å². The minimum Gasteiger partial charge on any atom is -0.480 e. The van der Waals surface area contributed by atoms with E-state index in [0.717, 1.165) is 19.3 Å². The Morgan fingerprint density at radius 2 is 2.07 bits per heavy atom. The van der Waals surface area contributed by atoms with Gasteiger partial charge in [-0.1, -0.05) is 13.3 Å². The maximum atomic E-state index is 11.2. The van der Waals surface area contributed by atoms with Crippen LogP contribution in [0.4, 0.5) is 4.79 Å². The maximum absolute atomic E-state index is 11.2. The van der Waals surface area contributed by atoms with Crippen molar-refractivity contribution in [3.63, 3.8) is 0 Å². The molecule has 5 heteroatoms. The lowest BCUT2D eigenvalue weighted by Crippen LogP contribution is -2.36. The van der Waals surface area contributed by atoms with E-state index in [4.69, 9.17) is 9.84 Å². The van der Waals surface area contributed by atoms with Gasteiger partial charge < -0.3 is 15.2 Å². The van der Waals surface area contributed by atoms with Crippen LogP contribution in [-0.4, -0.2) is 29.8 Å². The molecule has 1 aliphatic rings. The summed E-state index contributed by atoms with van der Waals surface area (Å²) in [4.78, 5) is 21.4. The number of carbonyl (C=O) groups excluding carboxylic acids is 1. The summed E-state index contributed by atoms with van der Waals surface area (Å²) in [5.74, 6) is -0.696. The first-order valence-corrected chi connectivity index (χ1v) is 5.26. The highest BCUT2D eigenvalue weighted by Crippen LogP contribution is 2.26. The molecular weight excluding hydrogens is 198 g/mol. The smallest absolute Gasteiger partial charge is 0.407 e. The van der Waals surface area contributed by atoms with Crippen LogP contribution < -0.4 is 5.32 Å². The molecular formula is C10H17NO4. The molecule has 2 unspecified atom stereocenters. The van der Waals surface area contributed by atoms with E-state index in [1.54, 1.807) is 0 Å². The lowest BCUT2D eigenvalue weighted by Gasteiger charge is -2.28. The Morgan fingerprint density at radius 3 is 2.67 bits per heavy atom. The van der Waals surface area contributed by atoms with E-state index in [1.807, 2.05) is 6.92 Å². The fraction of sp³-hybridized carbons (Fsp3) is 0.800. The first-order chi connectivity index (χ1) is 7.09. The van der Waals surface area contributed by atoms with Crippen molar-refractivity contribution in [2.24, 2.45) is 5.92 Å². The minimum atomic E-state index is -1.07. The van der Waals surface area contributed by atoms with Gasteiger partial charge in [0, 0.05) is 0 Å². The van der Waals surface area contributed by atoms with Gasteiger partial charge in [-0.25, -0.2) is 4.79 Å². The largest absolute Gasteiger partial charge is 0.480 e. The number of ether oxygens (including phenoxy) is 1. The van der Waals surface area contributed by atoms with Crippen molar-refractivity contribution in [1.82, 2.24) is 5.32 Å². The van der Waals surface area contributed by atoms with Gasteiger partial charge in [0.1, 0.15) is 12.6 Å². The summed E-state index contributed by atoms with van der Waals surface area (Å²) in [6.07, 6.45) is 3.50. The summed E-state index contributed by atoms with van der Waals surface area (Å²) in [7, 11) is 0. The number of amides is 1. The topological polar surface area (TPSA) is 75.6 Å². The van der Waals surface area contributed by atoms with Crippen LogP contribution in [0.3, 0.4) is 0 Å². The zero-order valence-electron chi connectivity index (χ0n) is 8.86. The summed E-state index contributed by atoms with van der Waals surface area (Å²) < 4.78 is 5.14. The van der Waals surface area contributed by atoms with Gasteiger partial charge in [-0.3, -0.25) is 4.79 Å². The normalized spacial score (nSPS) is 25.7. The molecule has 0 bridgehead atoms. The maximum Gasteiger partial charge on any atom is 0.407 e. The third-order valence-electron chi connectivity index (χ3n) is 2.68. The molecule has 0 heterocycles. The number of carbonyl (C=O) groups is 2. The molecule has 15 heavy (non-hydrogen) atoms. The summed E-state index contributed by atoms with van der Waals surface area (Å²) in [6, 6.07) is 0. The third kappa shape index (κ3) is 4.18. The van der Waals surface area contributed by atoms with Crippen molar-refractivity contribution in [3.8, 4) is 0 Å². The van der Waals surface area contributed by atoms with E-state index in [-0.39, 0.29) is 12.6 Å². The molecule has 2 atom stereocenters. The van der Waals surface area contributed by atoms with E-state index in [9.17, 15) is 9.59 Å². The minimum absolute atomic E-state index is 0.0625. The van der Waals surface area contributed by atoms with Gasteiger partial charge >= 0.3 is 12.1 Å². The zero-order valence-corrected chi connectivity index (χ0v) is 8.86. The SMILES string of the molecule is CC1CCCCC1OC(=O)NCC(=O)O. The zero-order chi connectivity index (χ0) is 11.3. The first-order valence-electron chi connectivity index (χ1n) is 5.26. The Hall–Kier alpha value is -1.26. The molecule has 0 aromatic carbocycles. The number of rotatable bonds is 3. The molecule has 0 spiro atoms. The quantitative estimate of drug-likeness (QED) is 0.745. The van der Waals surface area contributed by atoms with Crippen LogP contribution in [0, 0.1) is 5.92 Å². The lowest BCUT2D eigenvalue weighted by molar-refractivity contribution is -0.135. The van der Waals surface area contributed by atoms with Crippen LogP contribution in [0.25, 0.3) is 0 Å². The molecule has 0 aromatic rings. The van der Waals surface area contributed by atoms with Crippen molar-refractivity contribution >= 4 is 12.1 Å². The average Bonchev–Trinajstić information content (AvgIpc) is 2.18. The van der Waals surface area contributed by atoms with E-state index in [2.05, 4.69) is 5.32 Å². The molecule has 5 nitrogen and oxygen atoms in total. The standard InChI is InChI=1S/C10H17NO4/c1-7-4-2-3-5-8(7)15-10(14)11-6-9(12)13/h7-8H,2-6H2,1H3,(H,11,14)(H,12,13). The van der Waals surface area contributed by atoms with Crippen LogP contribution in [-0.2, 0) is 9.53 Å². The van der Waals surface area contributed by atoms with Crippen molar-refractivity contribution in [1.29, 1.82) is 0 Å². The Kier molecular flexibility index (Phi) is 4.39. The predicted molar refractivity (Wildman–Crippen MR) is 53.5 cm³/mol. The number of carboxylic acids is 1. The third-order valence-corrected chi connectivity index (χ3v) is 2.68. The van der Waals surface area contributed by atoms with Gasteiger partial charge in [-0.2, -0.15) is 0 Å². The van der Waals surface area contributed by atoms with Gasteiger partial charge in [-0.05, 0) is 25.2 Å². The first kappa shape index (κ1) is 11.8. The number of aliphatic carboxylic acids is 1. The van der Waals surface area contributed by atoms with Gasteiger partial charge in [0.2, 0.25) is 0 Å². The highest BCUT2D eigenvalue weighted by Gasteiger charge is 2.24. The second-order valence-electron chi connectivity index (χ2n) is 3.95. The molecule has 1 saturated carbocycles. The lowest BCUT2D eigenvalue weighted by atomic mass is 9.88. The van der Waals surface area contributed by atoms with Gasteiger partial charge in [-0.15, -0.1) is 0 Å². The number of hydrogen-bond donors (Lipinski definition) is 2. The van der Waals surface area contributed by atoms with Crippen molar-refractivity contribution in [3.05, 3.63) is 0 Å². The summed E-state index contributed by atoms with van der Waals surface area (Å²) >= 11 is 0. The average molecular weight is 215 g/mol. The van der Waals surface area contributed by atoms with Crippen molar-refractivity contribution in [2.45, 2.75) is 38.7 Å². The molecule has 1 fully saturated rings. The van der Waals surface area contributed by atoms with Crippen LogP contribution >= 0.6 is 0 Å². The molecule has 0 aliphatic heterocycles. The number of alkyl carbamates (subject to hydrolysis) is 1. The van der Waals surface area contributed by atoms with Gasteiger partial charge in [0.05, 0.1) is 0 Å². The molecule has 1 aliphatic carbocycles. The van der Waals surface area contributed by atoms with Gasteiger partial charge in [0.15, 0.2) is 0 Å². The Bertz CT molecular complexity index is 242. The van der Waals surface area contributed by atoms with E-state index < -0.39 is 12.1 Å². The number of nitrogens with one attached hydrogen (secondary N) is 1. The van der Waals surface area contributed by atoms with Crippen LogP contribution in [0.1, 0.15) is 32.6 Å². The van der Waals surface area contributed by atoms with Crippen molar-refractivity contribution < 1.29 is 19.4 Å². The predicted octanol–water partition coefficient (Wildman–Crippen LogP) is 1.38.